The first-order valence-corrected chi connectivity index (χ1v) is 11.6. The van der Waals surface area contributed by atoms with Crippen molar-refractivity contribution in [3.8, 4) is 11.8 Å². The van der Waals surface area contributed by atoms with Gasteiger partial charge in [-0.3, -0.25) is 4.79 Å². The summed E-state index contributed by atoms with van der Waals surface area (Å²) in [6, 6.07) is 11.0. The molecule has 1 amide bonds. The van der Waals surface area contributed by atoms with Crippen LogP contribution >= 0.6 is 0 Å². The molecule has 0 spiro atoms. The van der Waals surface area contributed by atoms with Crippen LogP contribution in [0.5, 0.6) is 5.75 Å². The van der Waals surface area contributed by atoms with Gasteiger partial charge in [-0.15, -0.1) is 0 Å². The zero-order chi connectivity index (χ0) is 22.7. The van der Waals surface area contributed by atoms with Gasteiger partial charge in [0.25, 0.3) is 0 Å². The minimum atomic E-state index is -4.01. The summed E-state index contributed by atoms with van der Waals surface area (Å²) in [5.74, 6) is -1.09. The number of carbonyl (C=O) groups excluding carboxylic acids is 1. The van der Waals surface area contributed by atoms with Crippen LogP contribution in [0.1, 0.15) is 37.3 Å². The SMILES string of the molecule is N#CC(NC(=O)[C@@H]1CCCC[C@H]1NS(=O)(=O)c1cccc2nonc12)c1cccc(O)c1. The minimum absolute atomic E-state index is 0.0168. The van der Waals surface area contributed by atoms with E-state index >= 15 is 0 Å². The number of nitrogens with zero attached hydrogens (tertiary/aromatic N) is 3. The third-order valence-electron chi connectivity index (χ3n) is 5.57. The number of fused-ring (bicyclic) bond motifs is 1. The largest absolute Gasteiger partial charge is 0.508 e. The number of hydrogen-bond acceptors (Lipinski definition) is 8. The van der Waals surface area contributed by atoms with Gasteiger partial charge in [-0.2, -0.15) is 5.26 Å². The van der Waals surface area contributed by atoms with Crippen LogP contribution in [0.2, 0.25) is 0 Å². The summed E-state index contributed by atoms with van der Waals surface area (Å²) in [5, 5.41) is 29.2. The molecule has 4 rings (SSSR count). The molecule has 3 N–H and O–H groups in total. The van der Waals surface area contributed by atoms with Crippen molar-refractivity contribution in [1.29, 1.82) is 5.26 Å². The van der Waals surface area contributed by atoms with Gasteiger partial charge in [0.05, 0.1) is 12.0 Å². The van der Waals surface area contributed by atoms with Gasteiger partial charge in [-0.1, -0.05) is 31.0 Å². The molecule has 1 fully saturated rings. The molecule has 1 heterocycles. The Morgan fingerprint density at radius 1 is 1.19 bits per heavy atom. The van der Waals surface area contributed by atoms with E-state index in [2.05, 4.69) is 25.0 Å². The summed E-state index contributed by atoms with van der Waals surface area (Å²) in [6.07, 6.45) is 2.49. The van der Waals surface area contributed by atoms with Crippen molar-refractivity contribution < 1.29 is 22.9 Å². The molecule has 1 aromatic heterocycles. The molecule has 10 nitrogen and oxygen atoms in total. The summed E-state index contributed by atoms with van der Waals surface area (Å²) >= 11 is 0. The third kappa shape index (κ3) is 4.42. The molecule has 11 heteroatoms. The predicted molar refractivity (Wildman–Crippen MR) is 112 cm³/mol. The second-order valence-electron chi connectivity index (χ2n) is 7.67. The summed E-state index contributed by atoms with van der Waals surface area (Å²) < 4.78 is 33.5. The number of hydrogen-bond donors (Lipinski definition) is 3. The van der Waals surface area contributed by atoms with Crippen LogP contribution in [0.3, 0.4) is 0 Å². The number of carbonyl (C=O) groups is 1. The number of nitriles is 1. The number of amides is 1. The van der Waals surface area contributed by atoms with Crippen molar-refractivity contribution >= 4 is 27.0 Å². The molecule has 1 aliphatic rings. The fourth-order valence-corrected chi connectivity index (χ4v) is 5.45. The van der Waals surface area contributed by atoms with Crippen molar-refractivity contribution in [2.45, 2.75) is 42.7 Å². The highest BCUT2D eigenvalue weighted by Gasteiger charge is 2.35. The van der Waals surface area contributed by atoms with E-state index in [4.69, 9.17) is 0 Å². The van der Waals surface area contributed by atoms with E-state index < -0.39 is 33.9 Å². The van der Waals surface area contributed by atoms with Crippen molar-refractivity contribution in [2.75, 3.05) is 0 Å². The van der Waals surface area contributed by atoms with Crippen LogP contribution in [-0.2, 0) is 14.8 Å². The van der Waals surface area contributed by atoms with Gasteiger partial charge >= 0.3 is 0 Å². The van der Waals surface area contributed by atoms with Crippen LogP contribution in [0.4, 0.5) is 0 Å². The maximum Gasteiger partial charge on any atom is 0.243 e. The Kier molecular flexibility index (Phi) is 6.07. The standard InChI is InChI=1S/C21H21N5O5S/c22-12-18(13-5-3-6-14(27)11-13)23-21(28)15-7-1-2-8-16(15)26-32(29,30)19-10-4-9-17-20(19)25-31-24-17/h3-6,9-11,15-16,18,26-27H,1-2,7-8H2,(H,23,28)/t15-,16-,18?/m1/s1. The number of nitrogens with one attached hydrogen (secondary N) is 2. The monoisotopic (exact) mass is 455 g/mol. The zero-order valence-corrected chi connectivity index (χ0v) is 17.7. The number of aromatic nitrogens is 2. The second-order valence-corrected chi connectivity index (χ2v) is 9.35. The average molecular weight is 455 g/mol. The summed E-state index contributed by atoms with van der Waals surface area (Å²) in [5.41, 5.74) is 0.873. The molecule has 0 saturated heterocycles. The van der Waals surface area contributed by atoms with E-state index in [1.807, 2.05) is 6.07 Å². The Balaban J connectivity index is 1.54. The number of sulfonamides is 1. The van der Waals surface area contributed by atoms with E-state index in [9.17, 15) is 23.6 Å². The van der Waals surface area contributed by atoms with Crippen molar-refractivity contribution in [3.63, 3.8) is 0 Å². The minimum Gasteiger partial charge on any atom is -0.508 e. The second kappa shape index (κ2) is 8.94. The molecule has 166 valence electrons. The molecule has 32 heavy (non-hydrogen) atoms. The molecule has 0 bridgehead atoms. The normalized spacial score (nSPS) is 19.8. The fraction of sp³-hybridized carbons (Fsp3) is 0.333. The van der Waals surface area contributed by atoms with Crippen LogP contribution in [0, 0.1) is 17.2 Å². The van der Waals surface area contributed by atoms with Crippen LogP contribution in [0.15, 0.2) is 52.0 Å². The summed E-state index contributed by atoms with van der Waals surface area (Å²) in [6.45, 7) is 0. The predicted octanol–water partition coefficient (Wildman–Crippen LogP) is 2.15. The Bertz CT molecular complexity index is 1280. The number of aromatic hydroxyl groups is 1. The van der Waals surface area contributed by atoms with Gasteiger partial charge in [-0.05, 0) is 53.0 Å². The van der Waals surface area contributed by atoms with Gasteiger partial charge in [0.2, 0.25) is 15.9 Å². The zero-order valence-electron chi connectivity index (χ0n) is 16.9. The van der Waals surface area contributed by atoms with E-state index in [1.165, 1.54) is 18.2 Å². The molecule has 3 aromatic rings. The molecule has 0 aliphatic heterocycles. The Hall–Kier alpha value is -3.49. The lowest BCUT2D eigenvalue weighted by Gasteiger charge is -2.31. The Morgan fingerprint density at radius 2 is 1.97 bits per heavy atom. The van der Waals surface area contributed by atoms with Gasteiger partial charge in [0.1, 0.15) is 22.2 Å². The first-order valence-electron chi connectivity index (χ1n) is 10.1. The molecule has 1 unspecified atom stereocenters. The highest BCUT2D eigenvalue weighted by Crippen LogP contribution is 2.28. The molecule has 1 saturated carbocycles. The molecule has 0 radical (unpaired) electrons. The average Bonchev–Trinajstić information content (AvgIpc) is 3.26. The number of phenols is 1. The van der Waals surface area contributed by atoms with Crippen molar-refractivity contribution in [2.24, 2.45) is 5.92 Å². The van der Waals surface area contributed by atoms with E-state index in [1.54, 1.807) is 24.3 Å². The Labute approximate surface area is 184 Å². The van der Waals surface area contributed by atoms with Crippen LogP contribution in [-0.4, -0.2) is 35.8 Å². The lowest BCUT2D eigenvalue weighted by atomic mass is 9.84. The van der Waals surface area contributed by atoms with Crippen molar-refractivity contribution in [3.05, 3.63) is 48.0 Å². The van der Waals surface area contributed by atoms with Crippen molar-refractivity contribution in [1.82, 2.24) is 20.4 Å². The Morgan fingerprint density at radius 3 is 2.75 bits per heavy atom. The third-order valence-corrected chi connectivity index (χ3v) is 7.09. The van der Waals surface area contributed by atoms with E-state index in [0.717, 1.165) is 12.8 Å². The first-order chi connectivity index (χ1) is 15.4. The number of rotatable bonds is 6. The molecule has 2 aromatic carbocycles. The smallest absolute Gasteiger partial charge is 0.243 e. The van der Waals surface area contributed by atoms with E-state index in [0.29, 0.717) is 23.9 Å². The fourth-order valence-electron chi connectivity index (χ4n) is 3.99. The first kappa shape index (κ1) is 21.7. The number of benzene rings is 2. The quantitative estimate of drug-likeness (QED) is 0.510. The van der Waals surface area contributed by atoms with Crippen LogP contribution < -0.4 is 10.0 Å². The van der Waals surface area contributed by atoms with E-state index in [-0.39, 0.29) is 16.2 Å². The maximum atomic E-state index is 13.1. The summed E-state index contributed by atoms with van der Waals surface area (Å²) in [4.78, 5) is 13.0. The van der Waals surface area contributed by atoms with Gasteiger partial charge < -0.3 is 10.4 Å². The van der Waals surface area contributed by atoms with Crippen LogP contribution in [0.25, 0.3) is 11.0 Å². The van der Waals surface area contributed by atoms with Gasteiger partial charge in [0, 0.05) is 6.04 Å². The highest BCUT2D eigenvalue weighted by molar-refractivity contribution is 7.89. The van der Waals surface area contributed by atoms with Gasteiger partial charge in [0.15, 0.2) is 5.52 Å². The maximum absolute atomic E-state index is 13.1. The molecule has 1 aliphatic carbocycles. The lowest BCUT2D eigenvalue weighted by Crippen LogP contribution is -2.48. The lowest BCUT2D eigenvalue weighted by molar-refractivity contribution is -0.127. The van der Waals surface area contributed by atoms with Gasteiger partial charge in [-0.25, -0.2) is 17.8 Å². The molecule has 3 atom stereocenters. The highest BCUT2D eigenvalue weighted by atomic mass is 32.2. The summed E-state index contributed by atoms with van der Waals surface area (Å²) in [7, 11) is -4.01. The topological polar surface area (TPSA) is 158 Å². The number of phenolic OH excluding ortho intramolecular Hbond substituents is 1. The molecular weight excluding hydrogens is 434 g/mol. The molecular formula is C21H21N5O5S.